The van der Waals surface area contributed by atoms with Crippen LogP contribution in [0.5, 0.6) is 0 Å². The van der Waals surface area contributed by atoms with E-state index in [4.69, 9.17) is 4.74 Å². The highest BCUT2D eigenvalue weighted by atomic mass is 32.2. The van der Waals surface area contributed by atoms with Crippen LogP contribution in [-0.2, 0) is 9.53 Å². The van der Waals surface area contributed by atoms with Gasteiger partial charge in [0.1, 0.15) is 6.10 Å². The zero-order chi connectivity index (χ0) is 17.8. The number of rotatable bonds is 4. The Morgan fingerprint density at radius 2 is 1.27 bits per heavy atom. The van der Waals surface area contributed by atoms with E-state index in [9.17, 15) is 4.79 Å². The van der Waals surface area contributed by atoms with E-state index in [1.807, 2.05) is 0 Å². The fourth-order valence-electron chi connectivity index (χ4n) is 3.38. The summed E-state index contributed by atoms with van der Waals surface area (Å²) in [6.07, 6.45) is 2.27. The molecule has 26 heavy (non-hydrogen) atoms. The summed E-state index contributed by atoms with van der Waals surface area (Å²) in [5.41, 5.74) is 1.10. The van der Waals surface area contributed by atoms with Crippen LogP contribution in [0.2, 0.25) is 0 Å². The molecule has 3 aromatic rings. The van der Waals surface area contributed by atoms with Crippen molar-refractivity contribution in [2.75, 3.05) is 0 Å². The lowest BCUT2D eigenvalue weighted by atomic mass is 10.0. The fraction of sp³-hybridized carbons (Fsp3) is 0.174. The first-order valence-corrected chi connectivity index (χ1v) is 10.3. The maximum atomic E-state index is 11.6. The van der Waals surface area contributed by atoms with Crippen LogP contribution in [0.1, 0.15) is 30.9 Å². The van der Waals surface area contributed by atoms with Crippen molar-refractivity contribution in [3.05, 3.63) is 90.5 Å². The van der Waals surface area contributed by atoms with Gasteiger partial charge in [0.15, 0.2) is 0 Å². The summed E-state index contributed by atoms with van der Waals surface area (Å²) in [6, 6.07) is 30.0. The molecular weight excluding hydrogens is 340 g/mol. The fourth-order valence-corrected chi connectivity index (χ4v) is 5.66. The molecule has 0 radical (unpaired) electrons. The van der Waals surface area contributed by atoms with E-state index in [1.54, 1.807) is 0 Å². The number of benzene rings is 3. The third-order valence-electron chi connectivity index (χ3n) is 4.67. The van der Waals surface area contributed by atoms with Crippen LogP contribution in [0.25, 0.3) is 0 Å². The molecule has 0 N–H and O–H groups in total. The maximum Gasteiger partial charge on any atom is 0.306 e. The maximum absolute atomic E-state index is 11.6. The van der Waals surface area contributed by atoms with Crippen LogP contribution in [0.15, 0.2) is 99.6 Å². The molecule has 3 heteroatoms. The van der Waals surface area contributed by atoms with Crippen molar-refractivity contribution in [2.24, 2.45) is 0 Å². The second-order valence-corrected chi connectivity index (χ2v) is 8.69. The zero-order valence-electron chi connectivity index (χ0n) is 14.5. The zero-order valence-corrected chi connectivity index (χ0v) is 15.4. The van der Waals surface area contributed by atoms with Crippen molar-refractivity contribution in [3.63, 3.8) is 0 Å². The molecule has 0 spiro atoms. The van der Waals surface area contributed by atoms with Crippen molar-refractivity contribution in [3.8, 4) is 0 Å². The molecule has 0 aromatic heterocycles. The minimum Gasteiger partial charge on any atom is -0.457 e. The first-order chi connectivity index (χ1) is 12.8. The van der Waals surface area contributed by atoms with Crippen LogP contribution >= 0.6 is 10.9 Å². The number of cyclic esters (lactones) is 1. The summed E-state index contributed by atoms with van der Waals surface area (Å²) in [6.45, 7) is 0. The van der Waals surface area contributed by atoms with E-state index in [0.717, 1.165) is 18.4 Å². The molecule has 0 saturated carbocycles. The molecule has 1 aliphatic rings. The van der Waals surface area contributed by atoms with E-state index in [2.05, 4.69) is 84.9 Å². The van der Waals surface area contributed by atoms with Crippen LogP contribution < -0.4 is 0 Å². The molecule has 0 aliphatic carbocycles. The molecule has 4 rings (SSSR count). The predicted molar refractivity (Wildman–Crippen MR) is 106 cm³/mol. The Morgan fingerprint density at radius 3 is 1.81 bits per heavy atom. The van der Waals surface area contributed by atoms with Gasteiger partial charge in [-0.1, -0.05) is 48.5 Å². The van der Waals surface area contributed by atoms with E-state index in [1.165, 1.54) is 14.7 Å². The van der Waals surface area contributed by atoms with Gasteiger partial charge in [0.25, 0.3) is 0 Å². The third kappa shape index (κ3) is 3.68. The predicted octanol–water partition coefficient (Wildman–Crippen LogP) is 5.93. The quantitative estimate of drug-likeness (QED) is 0.460. The molecule has 1 aliphatic heterocycles. The molecule has 0 amide bonds. The number of esters is 1. The third-order valence-corrected chi connectivity index (χ3v) is 7.12. The van der Waals surface area contributed by atoms with Gasteiger partial charge in [0.2, 0.25) is 0 Å². The van der Waals surface area contributed by atoms with Gasteiger partial charge in [0, 0.05) is 6.42 Å². The Morgan fingerprint density at radius 1 is 0.731 bits per heavy atom. The summed E-state index contributed by atoms with van der Waals surface area (Å²) in [4.78, 5) is 15.6. The normalized spacial score (nSPS) is 17.5. The Bertz CT molecular complexity index is 820. The lowest BCUT2D eigenvalue weighted by Crippen LogP contribution is -2.16. The van der Waals surface area contributed by atoms with Gasteiger partial charge in [-0.05, 0) is 69.5 Å². The molecule has 0 bridgehead atoms. The SMILES string of the molecule is O=C1CCCC(c2ccc([SH](c3ccccc3)c3ccccc3)cc2)O1. The van der Waals surface area contributed by atoms with Crippen LogP contribution in [-0.4, -0.2) is 5.97 Å². The van der Waals surface area contributed by atoms with Gasteiger partial charge in [-0.15, -0.1) is 0 Å². The van der Waals surface area contributed by atoms with E-state index in [-0.39, 0.29) is 12.1 Å². The Labute approximate surface area is 157 Å². The van der Waals surface area contributed by atoms with Crippen molar-refractivity contribution < 1.29 is 9.53 Å². The van der Waals surface area contributed by atoms with Gasteiger partial charge in [-0.2, -0.15) is 10.9 Å². The standard InChI is InChI=1S/C23H22O2S/c24-23-13-7-12-22(25-23)18-14-16-21(17-15-18)26(19-8-3-1-4-9-19)20-10-5-2-6-11-20/h1-6,8-11,14-17,22,26H,7,12-13H2. The summed E-state index contributed by atoms with van der Waals surface area (Å²) >= 11 is 0. The molecule has 132 valence electrons. The molecule has 2 nitrogen and oxygen atoms in total. The van der Waals surface area contributed by atoms with Crippen LogP contribution in [0.4, 0.5) is 0 Å². The minimum atomic E-state index is -0.592. The molecule has 1 fully saturated rings. The molecule has 3 aromatic carbocycles. The van der Waals surface area contributed by atoms with Crippen LogP contribution in [0.3, 0.4) is 0 Å². The Hall–Kier alpha value is -2.52. The summed E-state index contributed by atoms with van der Waals surface area (Å²) < 4.78 is 5.51. The first kappa shape index (κ1) is 16.9. The van der Waals surface area contributed by atoms with Gasteiger partial charge >= 0.3 is 5.97 Å². The largest absolute Gasteiger partial charge is 0.457 e. The highest BCUT2D eigenvalue weighted by Crippen LogP contribution is 2.51. The first-order valence-electron chi connectivity index (χ1n) is 9.01. The monoisotopic (exact) mass is 362 g/mol. The smallest absolute Gasteiger partial charge is 0.306 e. The average Bonchev–Trinajstić information content (AvgIpc) is 2.70. The Kier molecular flexibility index (Phi) is 5.07. The summed E-state index contributed by atoms with van der Waals surface area (Å²) in [5, 5.41) is 0. The molecular formula is C23H22O2S. The van der Waals surface area contributed by atoms with Gasteiger partial charge in [-0.25, -0.2) is 0 Å². The highest BCUT2D eigenvalue weighted by molar-refractivity contribution is 8.17. The molecule has 1 heterocycles. The second-order valence-electron chi connectivity index (χ2n) is 6.47. The molecule has 1 unspecified atom stereocenters. The van der Waals surface area contributed by atoms with Crippen molar-refractivity contribution in [1.82, 2.24) is 0 Å². The van der Waals surface area contributed by atoms with Gasteiger partial charge < -0.3 is 4.74 Å². The molecule has 1 saturated heterocycles. The van der Waals surface area contributed by atoms with Crippen molar-refractivity contribution in [1.29, 1.82) is 0 Å². The van der Waals surface area contributed by atoms with Crippen molar-refractivity contribution >= 4 is 16.9 Å². The number of hydrogen-bond acceptors (Lipinski definition) is 2. The number of carbonyl (C=O) groups excluding carboxylic acids is 1. The topological polar surface area (TPSA) is 26.3 Å². The number of ether oxygens (including phenoxy) is 1. The van der Waals surface area contributed by atoms with E-state index in [0.29, 0.717) is 6.42 Å². The minimum absolute atomic E-state index is 0.0823. The van der Waals surface area contributed by atoms with Gasteiger partial charge in [0.05, 0.1) is 0 Å². The van der Waals surface area contributed by atoms with Crippen molar-refractivity contribution in [2.45, 2.75) is 40.1 Å². The van der Waals surface area contributed by atoms with Gasteiger partial charge in [-0.3, -0.25) is 4.79 Å². The Balaban J connectivity index is 1.67. The summed E-state index contributed by atoms with van der Waals surface area (Å²) in [5.74, 6) is -0.0823. The lowest BCUT2D eigenvalue weighted by molar-refractivity contribution is -0.154. The van der Waals surface area contributed by atoms with E-state index < -0.39 is 10.9 Å². The number of carbonyl (C=O) groups is 1. The lowest BCUT2D eigenvalue weighted by Gasteiger charge is -2.25. The summed E-state index contributed by atoms with van der Waals surface area (Å²) in [7, 11) is -0.592. The second kappa shape index (κ2) is 7.79. The highest BCUT2D eigenvalue weighted by Gasteiger charge is 2.22. The average molecular weight is 362 g/mol. The van der Waals surface area contributed by atoms with Crippen LogP contribution in [0, 0.1) is 0 Å². The number of hydrogen-bond donors (Lipinski definition) is 1. The molecule has 1 atom stereocenters. The number of thiol groups is 1. The van der Waals surface area contributed by atoms with E-state index >= 15 is 0 Å².